The molecule has 0 radical (unpaired) electrons. The van der Waals surface area contributed by atoms with Gasteiger partial charge in [-0.25, -0.2) is 9.36 Å². The summed E-state index contributed by atoms with van der Waals surface area (Å²) in [5.74, 6) is 0.181. The number of methoxy groups -OCH3 is 1. The fourth-order valence-electron chi connectivity index (χ4n) is 4.41. The zero-order valence-electron chi connectivity index (χ0n) is 22.8. The number of nitrogens with zero attached hydrogens (tertiary/aromatic N) is 1. The minimum Gasteiger partial charge on any atom is -0.468 e. The lowest BCUT2D eigenvalue weighted by Gasteiger charge is -2.26. The van der Waals surface area contributed by atoms with Gasteiger partial charge in [-0.2, -0.15) is 16.8 Å². The Morgan fingerprint density at radius 2 is 2.07 bits per heavy atom. The van der Waals surface area contributed by atoms with E-state index in [1.165, 1.54) is 36.1 Å². The van der Waals surface area contributed by atoms with Crippen LogP contribution in [0.1, 0.15) is 24.6 Å². The number of aliphatic hydroxyl groups is 1. The van der Waals surface area contributed by atoms with Crippen LogP contribution in [-0.2, 0) is 23.4 Å². The molecule has 0 bridgehead atoms. The molecular weight excluding hydrogens is 653 g/mol. The van der Waals surface area contributed by atoms with Crippen LogP contribution in [0.25, 0.3) is 16.8 Å². The summed E-state index contributed by atoms with van der Waals surface area (Å²) in [4.78, 5) is 40.8. The minimum absolute atomic E-state index is 0.00212. The second-order valence-electron chi connectivity index (χ2n) is 9.32. The Kier molecular flexibility index (Phi) is 11.2. The molecule has 12 nitrogen and oxygen atoms in total. The molecule has 2 aromatic carbocycles. The maximum absolute atomic E-state index is 14.2. The van der Waals surface area contributed by atoms with E-state index in [1.807, 2.05) is 30.5 Å². The van der Waals surface area contributed by atoms with E-state index in [1.54, 1.807) is 18.2 Å². The number of halogens is 1. The highest BCUT2D eigenvalue weighted by Crippen LogP contribution is 2.48. The second kappa shape index (κ2) is 14.6. The number of hydrogen-bond acceptors (Lipinski definition) is 10. The third kappa shape index (κ3) is 7.81. The summed E-state index contributed by atoms with van der Waals surface area (Å²) in [6.45, 7) is -0.407. The number of aliphatic hydroxyl groups excluding tert-OH is 1. The fraction of sp³-hybridized carbons (Fsp3) is 0.370. The molecule has 15 heteroatoms. The Balaban J connectivity index is 1.58. The third-order valence-electron chi connectivity index (χ3n) is 6.54. The summed E-state index contributed by atoms with van der Waals surface area (Å²) in [7, 11) is -3.06. The van der Waals surface area contributed by atoms with Crippen LogP contribution < -0.4 is 20.9 Å². The third-order valence-corrected chi connectivity index (χ3v) is 9.00. The zero-order valence-corrected chi connectivity index (χ0v) is 26.1. The van der Waals surface area contributed by atoms with Crippen LogP contribution in [0.2, 0.25) is 0 Å². The van der Waals surface area contributed by atoms with E-state index in [2.05, 4.69) is 26.0 Å². The number of H-pyrrole nitrogens is 1. The van der Waals surface area contributed by atoms with Crippen LogP contribution in [-0.4, -0.2) is 64.6 Å². The monoisotopic (exact) mass is 683 g/mol. The maximum Gasteiger partial charge on any atom is 0.459 e. The first-order chi connectivity index (χ1) is 20.2. The molecule has 1 aromatic heterocycles. The molecule has 1 saturated heterocycles. The Bertz CT molecular complexity index is 1590. The van der Waals surface area contributed by atoms with Gasteiger partial charge in [-0.1, -0.05) is 52.3 Å². The van der Waals surface area contributed by atoms with E-state index in [4.69, 9.17) is 18.5 Å². The van der Waals surface area contributed by atoms with Gasteiger partial charge < -0.3 is 19.1 Å². The molecule has 5 atom stereocenters. The molecule has 0 saturated carbocycles. The average molecular weight is 685 g/mol. The van der Waals surface area contributed by atoms with E-state index in [-0.39, 0.29) is 24.2 Å². The van der Waals surface area contributed by atoms with Gasteiger partial charge >= 0.3 is 19.4 Å². The number of thioether (sulfide) groups is 1. The molecule has 0 aliphatic carbocycles. The SMILES string of the molecule is COC(=O)[C@H](CCSC)NP(=O)(OCC1OC(n2cc(/C=C/Br)c(=O)[nH]c2=O)CC1O)Oc1cccc2ccccc12. The highest BCUT2D eigenvalue weighted by Gasteiger charge is 2.40. The molecule has 3 N–H and O–H groups in total. The average Bonchev–Trinajstić information content (AvgIpc) is 3.35. The van der Waals surface area contributed by atoms with Crippen molar-refractivity contribution in [3.8, 4) is 5.75 Å². The first-order valence-corrected chi connectivity index (χ1v) is 16.8. The summed E-state index contributed by atoms with van der Waals surface area (Å²) < 4.78 is 38.0. The molecule has 42 heavy (non-hydrogen) atoms. The lowest BCUT2D eigenvalue weighted by Crippen LogP contribution is -2.38. The number of carbonyl (C=O) groups excluding carboxylic acids is 1. The van der Waals surface area contributed by atoms with Crippen molar-refractivity contribution in [2.45, 2.75) is 37.3 Å². The molecule has 1 aliphatic heterocycles. The molecule has 4 unspecified atom stereocenters. The number of aromatic amines is 1. The largest absolute Gasteiger partial charge is 0.468 e. The summed E-state index contributed by atoms with van der Waals surface area (Å²) in [5.41, 5.74) is -1.10. The van der Waals surface area contributed by atoms with E-state index < -0.39 is 56.0 Å². The summed E-state index contributed by atoms with van der Waals surface area (Å²) in [5, 5.41) is 15.0. The van der Waals surface area contributed by atoms with Gasteiger partial charge in [0.2, 0.25) is 0 Å². The van der Waals surface area contributed by atoms with Crippen molar-refractivity contribution >= 4 is 58.3 Å². The number of nitrogens with one attached hydrogen (secondary N) is 2. The Hall–Kier alpha value is -2.71. The topological polar surface area (TPSA) is 158 Å². The molecular formula is C27H31BrN3O9PS. The highest BCUT2D eigenvalue weighted by atomic mass is 79.9. The number of fused-ring (bicyclic) bond motifs is 1. The van der Waals surface area contributed by atoms with E-state index in [9.17, 15) is 24.1 Å². The second-order valence-corrected chi connectivity index (χ2v) is 12.5. The smallest absolute Gasteiger partial charge is 0.459 e. The van der Waals surface area contributed by atoms with E-state index in [0.29, 0.717) is 11.1 Å². The molecule has 4 rings (SSSR count). The van der Waals surface area contributed by atoms with Crippen molar-refractivity contribution in [2.24, 2.45) is 0 Å². The van der Waals surface area contributed by atoms with Gasteiger partial charge in [-0.3, -0.25) is 23.7 Å². The molecule has 226 valence electrons. The van der Waals surface area contributed by atoms with Crippen LogP contribution in [0.5, 0.6) is 5.75 Å². The molecule has 0 amide bonds. The number of hydrogen-bond donors (Lipinski definition) is 3. The Labute approximate surface area is 254 Å². The molecule has 3 aromatic rings. The summed E-state index contributed by atoms with van der Waals surface area (Å²) >= 11 is 4.60. The molecule has 1 fully saturated rings. The van der Waals surface area contributed by atoms with Crippen molar-refractivity contribution in [3.63, 3.8) is 0 Å². The lowest BCUT2D eigenvalue weighted by atomic mass is 10.1. The van der Waals surface area contributed by atoms with E-state index in [0.717, 1.165) is 9.95 Å². The first-order valence-electron chi connectivity index (χ1n) is 12.9. The van der Waals surface area contributed by atoms with Crippen molar-refractivity contribution in [1.29, 1.82) is 0 Å². The number of rotatable bonds is 13. The van der Waals surface area contributed by atoms with Crippen molar-refractivity contribution < 1.29 is 33.0 Å². The van der Waals surface area contributed by atoms with Crippen LogP contribution in [0.3, 0.4) is 0 Å². The Morgan fingerprint density at radius 3 is 2.81 bits per heavy atom. The van der Waals surface area contributed by atoms with Crippen molar-refractivity contribution in [2.75, 3.05) is 25.7 Å². The van der Waals surface area contributed by atoms with Gasteiger partial charge in [0.1, 0.15) is 24.1 Å². The van der Waals surface area contributed by atoms with Crippen LogP contribution in [0.4, 0.5) is 0 Å². The van der Waals surface area contributed by atoms with Crippen LogP contribution in [0, 0.1) is 0 Å². The number of esters is 1. The fourth-order valence-corrected chi connectivity index (χ4v) is 6.72. The lowest BCUT2D eigenvalue weighted by molar-refractivity contribution is -0.142. The van der Waals surface area contributed by atoms with Crippen molar-refractivity contribution in [3.05, 3.63) is 80.0 Å². The van der Waals surface area contributed by atoms with Gasteiger partial charge in [0.15, 0.2) is 0 Å². The van der Waals surface area contributed by atoms with Crippen LogP contribution >= 0.6 is 35.4 Å². The number of ether oxygens (including phenoxy) is 2. The first kappa shape index (κ1) is 32.2. The minimum atomic E-state index is -4.29. The predicted octanol–water partition coefficient (Wildman–Crippen LogP) is 3.79. The number of aromatic nitrogens is 2. The van der Waals surface area contributed by atoms with Gasteiger partial charge in [0, 0.05) is 18.0 Å². The number of benzene rings is 2. The van der Waals surface area contributed by atoms with E-state index >= 15 is 0 Å². The molecule has 0 spiro atoms. The van der Waals surface area contributed by atoms with Gasteiger partial charge in [0.05, 0.1) is 25.4 Å². The molecule has 2 heterocycles. The van der Waals surface area contributed by atoms with Gasteiger partial charge in [-0.05, 0) is 40.9 Å². The van der Waals surface area contributed by atoms with Crippen molar-refractivity contribution in [1.82, 2.24) is 14.6 Å². The standard InChI is InChI=1S/C27H31BrN3O9PS/c1-37-26(34)20(11-13-42-2)30-41(36,40-22-9-5-7-17-6-3-4-8-19(17)22)38-16-23-21(32)14-24(39-23)31-15-18(10-12-28)25(33)29-27(31)35/h3-10,12,15,20-21,23-24,32H,11,13-14,16H2,1-2H3,(H,30,36)(H,29,33,35)/b12-10+/t20-,21?,23?,24?,41?/m0/s1. The normalized spacial score (nSPS) is 20.9. The molecule has 1 aliphatic rings. The van der Waals surface area contributed by atoms with Gasteiger partial charge in [-0.15, -0.1) is 0 Å². The summed E-state index contributed by atoms with van der Waals surface area (Å²) in [6, 6.07) is 11.6. The number of carbonyl (C=O) groups is 1. The predicted molar refractivity (Wildman–Crippen MR) is 164 cm³/mol. The van der Waals surface area contributed by atoms with Gasteiger partial charge in [0.25, 0.3) is 5.56 Å². The zero-order chi connectivity index (χ0) is 30.3. The summed E-state index contributed by atoms with van der Waals surface area (Å²) in [6.07, 6.45) is 1.88. The van der Waals surface area contributed by atoms with Crippen LogP contribution in [0.15, 0.2) is 63.2 Å². The highest BCUT2D eigenvalue weighted by molar-refractivity contribution is 9.11. The Morgan fingerprint density at radius 1 is 1.31 bits per heavy atom. The maximum atomic E-state index is 14.2. The quantitative estimate of drug-likeness (QED) is 0.178.